The van der Waals surface area contributed by atoms with Crippen molar-refractivity contribution < 1.29 is 24.2 Å². The Labute approximate surface area is 163 Å². The van der Waals surface area contributed by atoms with Crippen molar-refractivity contribution in [1.82, 2.24) is 0 Å². The number of benzene rings is 3. The summed E-state index contributed by atoms with van der Waals surface area (Å²) in [6, 6.07) is 23.3. The molecular weight excluding hydrogens is 356 g/mol. The molecule has 1 N–H and O–H groups in total. The summed E-state index contributed by atoms with van der Waals surface area (Å²) in [5.74, 6) is -0.761. The normalized spacial score (nSPS) is 10.3. The molecule has 3 aromatic carbocycles. The molecule has 0 saturated carbocycles. The maximum atomic E-state index is 12.6. The number of ketones is 1. The second kappa shape index (κ2) is 9.48. The van der Waals surface area contributed by atoms with Gasteiger partial charge in [0.05, 0.1) is 0 Å². The molecule has 142 valence electrons. The summed E-state index contributed by atoms with van der Waals surface area (Å²) in [6.07, 6.45) is 0. The minimum atomic E-state index is -0.636. The van der Waals surface area contributed by atoms with Gasteiger partial charge in [-0.25, -0.2) is 4.79 Å². The number of esters is 1. The average Bonchev–Trinajstić information content (AvgIpc) is 2.76. The van der Waals surface area contributed by atoms with Gasteiger partial charge in [0, 0.05) is 5.56 Å². The molecule has 0 heterocycles. The van der Waals surface area contributed by atoms with E-state index in [1.54, 1.807) is 6.07 Å². The molecule has 0 aromatic heterocycles. The van der Waals surface area contributed by atoms with Crippen molar-refractivity contribution in [2.45, 2.75) is 13.2 Å². The highest BCUT2D eigenvalue weighted by Crippen LogP contribution is 2.23. The van der Waals surface area contributed by atoms with E-state index in [-0.39, 0.29) is 24.3 Å². The van der Waals surface area contributed by atoms with Crippen LogP contribution in [0.15, 0.2) is 78.9 Å². The second-order valence-corrected chi connectivity index (χ2v) is 6.13. The number of rotatable bonds is 8. The van der Waals surface area contributed by atoms with Gasteiger partial charge in [-0.15, -0.1) is 0 Å². The molecule has 0 fully saturated rings. The molecule has 3 rings (SSSR count). The second-order valence-electron chi connectivity index (χ2n) is 6.13. The van der Waals surface area contributed by atoms with E-state index in [9.17, 15) is 9.59 Å². The van der Waals surface area contributed by atoms with E-state index < -0.39 is 18.4 Å². The first kappa shape index (κ1) is 19.3. The zero-order chi connectivity index (χ0) is 19.8. The van der Waals surface area contributed by atoms with Crippen LogP contribution in [0.2, 0.25) is 0 Å². The lowest BCUT2D eigenvalue weighted by molar-refractivity contribution is 0.0467. The van der Waals surface area contributed by atoms with Gasteiger partial charge >= 0.3 is 5.97 Å². The Kier molecular flexibility index (Phi) is 6.54. The van der Waals surface area contributed by atoms with Crippen LogP contribution in [0.3, 0.4) is 0 Å². The lowest BCUT2D eigenvalue weighted by atomic mass is 10.1. The fourth-order valence-electron chi connectivity index (χ4n) is 2.62. The molecule has 0 aliphatic carbocycles. The number of Topliss-reactive ketones (excluding diaryl/α,β-unsaturated/α-hetero) is 1. The highest BCUT2D eigenvalue weighted by atomic mass is 16.5. The van der Waals surface area contributed by atoms with Gasteiger partial charge < -0.3 is 14.6 Å². The molecule has 5 heteroatoms. The monoisotopic (exact) mass is 376 g/mol. The molecular formula is C23H20O5. The van der Waals surface area contributed by atoms with Crippen LogP contribution in [0.5, 0.6) is 5.75 Å². The van der Waals surface area contributed by atoms with Crippen molar-refractivity contribution in [3.8, 4) is 5.75 Å². The van der Waals surface area contributed by atoms with E-state index in [1.807, 2.05) is 60.7 Å². The fraction of sp³-hybridized carbons (Fsp3) is 0.130. The van der Waals surface area contributed by atoms with Crippen molar-refractivity contribution >= 4 is 11.8 Å². The van der Waals surface area contributed by atoms with Crippen molar-refractivity contribution in [2.75, 3.05) is 6.61 Å². The largest absolute Gasteiger partial charge is 0.488 e. The molecule has 0 amide bonds. The number of aliphatic hydroxyl groups is 1. The smallest absolute Gasteiger partial charge is 0.342 e. The van der Waals surface area contributed by atoms with Gasteiger partial charge in [-0.3, -0.25) is 4.79 Å². The topological polar surface area (TPSA) is 72.8 Å². The van der Waals surface area contributed by atoms with Gasteiger partial charge in [0.2, 0.25) is 0 Å². The quantitative estimate of drug-likeness (QED) is 0.478. The number of aliphatic hydroxyl groups excluding tert-OH is 1. The van der Waals surface area contributed by atoms with E-state index in [2.05, 4.69) is 0 Å². The van der Waals surface area contributed by atoms with Crippen LogP contribution < -0.4 is 4.74 Å². The molecule has 0 radical (unpaired) electrons. The molecule has 0 aliphatic heterocycles. The van der Waals surface area contributed by atoms with Crippen LogP contribution >= 0.6 is 0 Å². The third-order valence-corrected chi connectivity index (χ3v) is 4.11. The minimum absolute atomic E-state index is 0.107. The lowest BCUT2D eigenvalue weighted by Gasteiger charge is -2.13. The maximum Gasteiger partial charge on any atom is 0.342 e. The summed E-state index contributed by atoms with van der Waals surface area (Å²) < 4.78 is 11.2. The Hall–Kier alpha value is -3.44. The molecule has 0 spiro atoms. The molecule has 0 atom stereocenters. The molecule has 0 aliphatic rings. The third kappa shape index (κ3) is 5.05. The standard InChI is InChI=1S/C23H20O5/c24-14-21(25)19-11-12-22(27-15-17-7-3-1-4-8-17)20(13-19)23(26)28-16-18-9-5-2-6-10-18/h1-13,24H,14-16H2. The molecule has 0 bridgehead atoms. The predicted molar refractivity (Wildman–Crippen MR) is 104 cm³/mol. The number of hydrogen-bond acceptors (Lipinski definition) is 5. The molecule has 28 heavy (non-hydrogen) atoms. The number of ether oxygens (including phenoxy) is 2. The first-order valence-corrected chi connectivity index (χ1v) is 8.83. The van der Waals surface area contributed by atoms with Crippen LogP contribution in [-0.2, 0) is 18.0 Å². The van der Waals surface area contributed by atoms with Gasteiger partial charge in [-0.1, -0.05) is 60.7 Å². The van der Waals surface area contributed by atoms with Gasteiger partial charge in [-0.2, -0.15) is 0 Å². The van der Waals surface area contributed by atoms with Crippen molar-refractivity contribution in [1.29, 1.82) is 0 Å². The predicted octanol–water partition coefficient (Wildman–Crippen LogP) is 3.80. The van der Waals surface area contributed by atoms with E-state index in [4.69, 9.17) is 14.6 Å². The Morgan fingerprint density at radius 1 is 0.786 bits per heavy atom. The highest BCUT2D eigenvalue weighted by molar-refractivity contribution is 6.01. The highest BCUT2D eigenvalue weighted by Gasteiger charge is 2.18. The summed E-state index contributed by atoms with van der Waals surface area (Å²) in [5, 5.41) is 9.09. The van der Waals surface area contributed by atoms with Gasteiger partial charge in [0.1, 0.15) is 31.1 Å². The third-order valence-electron chi connectivity index (χ3n) is 4.11. The summed E-state index contributed by atoms with van der Waals surface area (Å²) in [5.41, 5.74) is 2.17. The number of carbonyl (C=O) groups is 2. The molecule has 5 nitrogen and oxygen atoms in total. The SMILES string of the molecule is O=C(CO)c1ccc(OCc2ccccc2)c(C(=O)OCc2ccccc2)c1. The summed E-state index contributed by atoms with van der Waals surface area (Å²) in [6.45, 7) is -0.258. The molecule has 0 unspecified atom stereocenters. The van der Waals surface area contributed by atoms with E-state index in [0.717, 1.165) is 11.1 Å². The van der Waals surface area contributed by atoms with Crippen molar-refractivity contribution in [2.24, 2.45) is 0 Å². The van der Waals surface area contributed by atoms with E-state index in [1.165, 1.54) is 12.1 Å². The van der Waals surface area contributed by atoms with Crippen LogP contribution in [0.4, 0.5) is 0 Å². The maximum absolute atomic E-state index is 12.6. The summed E-state index contributed by atoms with van der Waals surface area (Å²) in [7, 11) is 0. The van der Waals surface area contributed by atoms with E-state index in [0.29, 0.717) is 5.75 Å². The first-order chi connectivity index (χ1) is 13.7. The van der Waals surface area contributed by atoms with E-state index >= 15 is 0 Å². The van der Waals surface area contributed by atoms with Crippen LogP contribution in [0, 0.1) is 0 Å². The van der Waals surface area contributed by atoms with Crippen LogP contribution in [-0.4, -0.2) is 23.5 Å². The first-order valence-electron chi connectivity index (χ1n) is 8.83. The fourth-order valence-corrected chi connectivity index (χ4v) is 2.62. The van der Waals surface area contributed by atoms with Crippen LogP contribution in [0.1, 0.15) is 31.8 Å². The summed E-state index contributed by atoms with van der Waals surface area (Å²) >= 11 is 0. The molecule has 0 saturated heterocycles. The zero-order valence-corrected chi connectivity index (χ0v) is 15.2. The van der Waals surface area contributed by atoms with Gasteiger partial charge in [0.15, 0.2) is 5.78 Å². The van der Waals surface area contributed by atoms with Crippen molar-refractivity contribution in [3.05, 3.63) is 101 Å². The Morgan fingerprint density at radius 2 is 1.39 bits per heavy atom. The Morgan fingerprint density at radius 3 is 2.00 bits per heavy atom. The summed E-state index contributed by atoms with van der Waals surface area (Å²) in [4.78, 5) is 24.5. The van der Waals surface area contributed by atoms with Gasteiger partial charge in [-0.05, 0) is 29.3 Å². The zero-order valence-electron chi connectivity index (χ0n) is 15.2. The van der Waals surface area contributed by atoms with Gasteiger partial charge in [0.25, 0.3) is 0 Å². The average molecular weight is 376 g/mol. The lowest BCUT2D eigenvalue weighted by Crippen LogP contribution is -2.11. The molecule has 3 aromatic rings. The Balaban J connectivity index is 1.80. The number of carbonyl (C=O) groups excluding carboxylic acids is 2. The van der Waals surface area contributed by atoms with Crippen LogP contribution in [0.25, 0.3) is 0 Å². The Bertz CT molecular complexity index is 936. The van der Waals surface area contributed by atoms with Crippen molar-refractivity contribution in [3.63, 3.8) is 0 Å². The minimum Gasteiger partial charge on any atom is -0.488 e. The number of hydrogen-bond donors (Lipinski definition) is 1.